The largest absolute Gasteiger partial charge is 0.111 e. The van der Waals surface area contributed by atoms with Gasteiger partial charge in [0.15, 0.2) is 0 Å². The van der Waals surface area contributed by atoms with Crippen molar-refractivity contribution in [2.45, 2.75) is 110 Å². The summed E-state index contributed by atoms with van der Waals surface area (Å²) in [5, 5.41) is 0.759. The minimum atomic E-state index is 0.513. The molecule has 0 aromatic carbocycles. The van der Waals surface area contributed by atoms with Crippen molar-refractivity contribution in [1.29, 1.82) is 0 Å². The van der Waals surface area contributed by atoms with Gasteiger partial charge in [0.1, 0.15) is 0 Å². The van der Waals surface area contributed by atoms with Crippen molar-refractivity contribution in [3.63, 3.8) is 0 Å². The zero-order valence-electron chi connectivity index (χ0n) is 18.9. The van der Waals surface area contributed by atoms with Crippen molar-refractivity contribution < 1.29 is 0 Å². The maximum absolute atomic E-state index is 4.55. The van der Waals surface area contributed by atoms with Crippen LogP contribution < -0.4 is 0 Å². The molecule has 0 aromatic rings. The Bertz CT molecular complexity index is 581. The van der Waals surface area contributed by atoms with Crippen LogP contribution in [-0.2, 0) is 0 Å². The minimum absolute atomic E-state index is 0.513. The number of unbranched alkanes of at least 4 members (excludes halogenated alkanes) is 1. The molecule has 0 aromatic heterocycles. The molecule has 160 valence electrons. The molecule has 28 heavy (non-hydrogen) atoms. The molecule has 4 aliphatic rings. The van der Waals surface area contributed by atoms with Gasteiger partial charge in [-0.1, -0.05) is 69.4 Å². The Morgan fingerprint density at radius 3 is 2.64 bits per heavy atom. The molecular formula is C26H44S2. The Labute approximate surface area is 184 Å². The summed E-state index contributed by atoms with van der Waals surface area (Å²) in [7, 11) is 1.81. The van der Waals surface area contributed by atoms with E-state index in [1.807, 2.05) is 16.4 Å². The van der Waals surface area contributed by atoms with Crippen molar-refractivity contribution in [1.82, 2.24) is 0 Å². The molecule has 2 heteroatoms. The van der Waals surface area contributed by atoms with Gasteiger partial charge in [-0.3, -0.25) is 0 Å². The van der Waals surface area contributed by atoms with Crippen LogP contribution in [0.15, 0.2) is 11.6 Å². The first-order valence-electron chi connectivity index (χ1n) is 12.4. The summed E-state index contributed by atoms with van der Waals surface area (Å²) < 4.78 is 0. The highest BCUT2D eigenvalue weighted by molar-refractivity contribution is 8.68. The highest BCUT2D eigenvalue weighted by atomic mass is 33.1. The van der Waals surface area contributed by atoms with E-state index in [2.05, 4.69) is 45.4 Å². The van der Waals surface area contributed by atoms with Crippen molar-refractivity contribution >= 4 is 22.5 Å². The quantitative estimate of drug-likeness (QED) is 0.194. The fourth-order valence-corrected chi connectivity index (χ4v) is 9.26. The standard InChI is InChI=1S/C26H44S2/c1-18(2)7-5-6-8-19-10-12-23-22-11-9-20-17-21(28-27)13-15-26(20,4)24(22)14-16-25(19,23)3/h9,18-19,21-24,27H,5-8,10-17H2,1-4H3. The molecule has 7 unspecified atom stereocenters. The van der Waals surface area contributed by atoms with Gasteiger partial charge in [0.05, 0.1) is 0 Å². The molecule has 3 saturated carbocycles. The Morgan fingerprint density at radius 1 is 1.07 bits per heavy atom. The first-order valence-corrected chi connectivity index (χ1v) is 14.3. The van der Waals surface area contributed by atoms with E-state index in [1.165, 1.54) is 77.0 Å². The summed E-state index contributed by atoms with van der Waals surface area (Å²) in [6, 6.07) is 0. The van der Waals surface area contributed by atoms with Crippen molar-refractivity contribution in [2.75, 3.05) is 0 Å². The van der Waals surface area contributed by atoms with E-state index >= 15 is 0 Å². The molecular weight excluding hydrogens is 376 g/mol. The molecule has 0 spiro atoms. The molecule has 0 amide bonds. The van der Waals surface area contributed by atoms with Crippen LogP contribution in [0.3, 0.4) is 0 Å². The third-order valence-electron chi connectivity index (χ3n) is 9.99. The first kappa shape index (κ1) is 21.7. The molecule has 7 atom stereocenters. The average molecular weight is 421 g/mol. The van der Waals surface area contributed by atoms with Gasteiger partial charge < -0.3 is 0 Å². The van der Waals surface area contributed by atoms with E-state index in [0.29, 0.717) is 10.8 Å². The van der Waals surface area contributed by atoms with E-state index in [4.69, 9.17) is 0 Å². The zero-order chi connectivity index (χ0) is 19.9. The third kappa shape index (κ3) is 3.76. The summed E-state index contributed by atoms with van der Waals surface area (Å²) in [5.74, 6) is 4.85. The predicted molar refractivity (Wildman–Crippen MR) is 129 cm³/mol. The molecule has 0 aliphatic heterocycles. The molecule has 4 rings (SSSR count). The van der Waals surface area contributed by atoms with E-state index in [1.54, 1.807) is 0 Å². The normalized spacial score (nSPS) is 45.4. The molecule has 4 aliphatic carbocycles. The third-order valence-corrected chi connectivity index (χ3v) is 11.6. The van der Waals surface area contributed by atoms with Gasteiger partial charge in [-0.15, -0.1) is 11.7 Å². The number of allylic oxidation sites excluding steroid dienone is 2. The van der Waals surface area contributed by atoms with Crippen LogP contribution >= 0.6 is 22.5 Å². The van der Waals surface area contributed by atoms with Gasteiger partial charge in [0, 0.05) is 5.25 Å². The molecule has 0 saturated heterocycles. The summed E-state index contributed by atoms with van der Waals surface area (Å²) >= 11 is 4.55. The molecule has 0 heterocycles. The summed E-state index contributed by atoms with van der Waals surface area (Å²) in [6.45, 7) is 10.1. The maximum Gasteiger partial charge on any atom is 0.0186 e. The van der Waals surface area contributed by atoms with Crippen LogP contribution in [0.5, 0.6) is 0 Å². The van der Waals surface area contributed by atoms with Gasteiger partial charge >= 0.3 is 0 Å². The highest BCUT2D eigenvalue weighted by Gasteiger charge is 2.58. The lowest BCUT2D eigenvalue weighted by molar-refractivity contribution is -0.0421. The fraction of sp³-hybridized carbons (Fsp3) is 0.923. The van der Waals surface area contributed by atoms with Crippen LogP contribution in [0.25, 0.3) is 0 Å². The minimum Gasteiger partial charge on any atom is -0.111 e. The molecule has 0 radical (unpaired) electrons. The van der Waals surface area contributed by atoms with Crippen LogP contribution in [0.2, 0.25) is 0 Å². The summed E-state index contributed by atoms with van der Waals surface area (Å²) in [5.41, 5.74) is 2.98. The molecule has 0 N–H and O–H groups in total. The molecule has 0 nitrogen and oxygen atoms in total. The van der Waals surface area contributed by atoms with Gasteiger partial charge in [0.25, 0.3) is 0 Å². The van der Waals surface area contributed by atoms with Gasteiger partial charge in [-0.25, -0.2) is 0 Å². The summed E-state index contributed by atoms with van der Waals surface area (Å²) in [4.78, 5) is 0. The number of hydrogen-bond acceptors (Lipinski definition) is 2. The number of fused-ring (bicyclic) bond motifs is 5. The molecule has 3 fully saturated rings. The SMILES string of the molecule is CC(C)CCCCC1CCC2C3CC=C4CC(SS)CCC4(C)C3CCC12C. The Morgan fingerprint density at radius 2 is 1.89 bits per heavy atom. The average Bonchev–Trinajstić information content (AvgIpc) is 3.01. The lowest BCUT2D eigenvalue weighted by atomic mass is 9.47. The van der Waals surface area contributed by atoms with Crippen molar-refractivity contribution in [3.8, 4) is 0 Å². The number of thiol groups is 1. The van der Waals surface area contributed by atoms with Crippen LogP contribution in [0.4, 0.5) is 0 Å². The lowest BCUT2D eigenvalue weighted by Gasteiger charge is -2.58. The topological polar surface area (TPSA) is 0 Å². The fourth-order valence-electron chi connectivity index (χ4n) is 8.24. The van der Waals surface area contributed by atoms with Gasteiger partial charge in [-0.05, 0) is 98.2 Å². The van der Waals surface area contributed by atoms with Gasteiger partial charge in [-0.2, -0.15) is 0 Å². The summed E-state index contributed by atoms with van der Waals surface area (Å²) in [6.07, 6.45) is 20.2. The second kappa shape index (κ2) is 8.52. The Kier molecular flexibility index (Phi) is 6.59. The van der Waals surface area contributed by atoms with Crippen molar-refractivity contribution in [3.05, 3.63) is 11.6 Å². The highest BCUT2D eigenvalue weighted by Crippen LogP contribution is 2.67. The number of rotatable bonds is 6. The zero-order valence-corrected chi connectivity index (χ0v) is 20.6. The second-order valence-corrected chi connectivity index (χ2v) is 13.2. The predicted octanol–water partition coefficient (Wildman–Crippen LogP) is 8.73. The Balaban J connectivity index is 1.45. The van der Waals surface area contributed by atoms with Crippen LogP contribution in [0.1, 0.15) is 105 Å². The molecule has 0 bridgehead atoms. The lowest BCUT2D eigenvalue weighted by Crippen LogP contribution is -2.50. The van der Waals surface area contributed by atoms with Crippen molar-refractivity contribution in [2.24, 2.45) is 40.4 Å². The first-order chi connectivity index (χ1) is 13.4. The van der Waals surface area contributed by atoms with Crippen LogP contribution in [-0.4, -0.2) is 5.25 Å². The van der Waals surface area contributed by atoms with E-state index in [9.17, 15) is 0 Å². The second-order valence-electron chi connectivity index (χ2n) is 11.7. The Hall–Kier alpha value is 0.440. The van der Waals surface area contributed by atoms with E-state index in [-0.39, 0.29) is 0 Å². The van der Waals surface area contributed by atoms with E-state index < -0.39 is 0 Å². The monoisotopic (exact) mass is 420 g/mol. The van der Waals surface area contributed by atoms with Gasteiger partial charge in [0.2, 0.25) is 0 Å². The van der Waals surface area contributed by atoms with E-state index in [0.717, 1.165) is 34.8 Å². The number of hydrogen-bond donors (Lipinski definition) is 1. The smallest absolute Gasteiger partial charge is 0.0186 e. The van der Waals surface area contributed by atoms with Crippen LogP contribution in [0, 0.1) is 40.4 Å². The maximum atomic E-state index is 4.55.